The highest BCUT2D eigenvalue weighted by Gasteiger charge is 2.14. The van der Waals surface area contributed by atoms with Crippen molar-refractivity contribution in [1.29, 1.82) is 0 Å². The first-order valence-electron chi connectivity index (χ1n) is 5.00. The third kappa shape index (κ3) is 2.32. The summed E-state index contributed by atoms with van der Waals surface area (Å²) in [5.74, 6) is -0.201. The summed E-state index contributed by atoms with van der Waals surface area (Å²) in [6.07, 6.45) is 0.300. The fourth-order valence-corrected chi connectivity index (χ4v) is 1.47. The molecule has 2 atom stereocenters. The SMILES string of the molecule is CCC(O)C(C)c1ccc(C)c(F)c1. The van der Waals surface area contributed by atoms with Crippen molar-refractivity contribution in [2.45, 2.75) is 39.2 Å². The minimum atomic E-state index is -0.392. The summed E-state index contributed by atoms with van der Waals surface area (Å²) >= 11 is 0. The molecule has 0 radical (unpaired) electrons. The second kappa shape index (κ2) is 4.56. The molecule has 0 aliphatic heterocycles. The maximum absolute atomic E-state index is 13.2. The van der Waals surface area contributed by atoms with E-state index in [9.17, 15) is 9.50 Å². The van der Waals surface area contributed by atoms with E-state index in [4.69, 9.17) is 0 Å². The molecule has 14 heavy (non-hydrogen) atoms. The van der Waals surface area contributed by atoms with Gasteiger partial charge < -0.3 is 5.11 Å². The lowest BCUT2D eigenvalue weighted by atomic mass is 9.93. The molecule has 0 saturated carbocycles. The zero-order valence-corrected chi connectivity index (χ0v) is 8.92. The Hall–Kier alpha value is -0.890. The van der Waals surface area contributed by atoms with Crippen molar-refractivity contribution in [2.24, 2.45) is 0 Å². The van der Waals surface area contributed by atoms with E-state index in [-0.39, 0.29) is 11.7 Å². The van der Waals surface area contributed by atoms with Gasteiger partial charge in [0.15, 0.2) is 0 Å². The maximum Gasteiger partial charge on any atom is 0.126 e. The monoisotopic (exact) mass is 196 g/mol. The molecule has 0 fully saturated rings. The minimum absolute atomic E-state index is 0.00454. The largest absolute Gasteiger partial charge is 0.393 e. The van der Waals surface area contributed by atoms with Crippen LogP contribution in [0.1, 0.15) is 37.3 Å². The Morgan fingerprint density at radius 2 is 2.07 bits per heavy atom. The molecule has 78 valence electrons. The van der Waals surface area contributed by atoms with Crippen molar-refractivity contribution in [3.63, 3.8) is 0 Å². The van der Waals surface area contributed by atoms with Gasteiger partial charge in [-0.15, -0.1) is 0 Å². The summed E-state index contributed by atoms with van der Waals surface area (Å²) in [6, 6.07) is 5.14. The van der Waals surface area contributed by atoms with Crippen LogP contribution in [0.25, 0.3) is 0 Å². The Morgan fingerprint density at radius 3 is 2.57 bits per heavy atom. The summed E-state index contributed by atoms with van der Waals surface area (Å²) in [5, 5.41) is 9.62. The summed E-state index contributed by atoms with van der Waals surface area (Å²) in [5.41, 5.74) is 1.51. The van der Waals surface area contributed by atoms with E-state index >= 15 is 0 Å². The average Bonchev–Trinajstić information content (AvgIpc) is 2.20. The number of aliphatic hydroxyl groups excluding tert-OH is 1. The Balaban J connectivity index is 2.91. The van der Waals surface area contributed by atoms with Gasteiger partial charge in [-0.05, 0) is 30.5 Å². The fourth-order valence-electron chi connectivity index (χ4n) is 1.47. The first-order chi connectivity index (χ1) is 6.56. The predicted molar refractivity (Wildman–Crippen MR) is 55.8 cm³/mol. The molecule has 0 heterocycles. The quantitative estimate of drug-likeness (QED) is 0.788. The number of halogens is 1. The van der Waals surface area contributed by atoms with Crippen molar-refractivity contribution in [3.05, 3.63) is 35.1 Å². The van der Waals surface area contributed by atoms with E-state index in [0.29, 0.717) is 12.0 Å². The van der Waals surface area contributed by atoms with Crippen molar-refractivity contribution in [2.75, 3.05) is 0 Å². The highest BCUT2D eigenvalue weighted by molar-refractivity contribution is 5.26. The molecule has 1 aromatic rings. The van der Waals surface area contributed by atoms with Gasteiger partial charge in [-0.1, -0.05) is 26.0 Å². The van der Waals surface area contributed by atoms with Gasteiger partial charge >= 0.3 is 0 Å². The Labute approximate surface area is 84.6 Å². The average molecular weight is 196 g/mol. The molecular weight excluding hydrogens is 179 g/mol. The van der Waals surface area contributed by atoms with Crippen LogP contribution in [-0.4, -0.2) is 11.2 Å². The smallest absolute Gasteiger partial charge is 0.126 e. The highest BCUT2D eigenvalue weighted by Crippen LogP contribution is 2.22. The zero-order valence-electron chi connectivity index (χ0n) is 8.92. The van der Waals surface area contributed by atoms with Crippen LogP contribution < -0.4 is 0 Å². The summed E-state index contributed by atoms with van der Waals surface area (Å²) in [4.78, 5) is 0. The second-order valence-electron chi connectivity index (χ2n) is 3.77. The van der Waals surface area contributed by atoms with Crippen molar-refractivity contribution in [3.8, 4) is 0 Å². The molecule has 2 unspecified atom stereocenters. The van der Waals surface area contributed by atoms with E-state index < -0.39 is 6.10 Å². The number of aryl methyl sites for hydroxylation is 1. The van der Waals surface area contributed by atoms with Gasteiger partial charge in [0.1, 0.15) is 5.82 Å². The van der Waals surface area contributed by atoms with E-state index in [1.165, 1.54) is 6.07 Å². The number of hydrogen-bond donors (Lipinski definition) is 1. The van der Waals surface area contributed by atoms with Gasteiger partial charge in [0.2, 0.25) is 0 Å². The normalized spacial score (nSPS) is 15.2. The number of benzene rings is 1. The van der Waals surface area contributed by atoms with Crippen LogP contribution in [-0.2, 0) is 0 Å². The van der Waals surface area contributed by atoms with Crippen LogP contribution >= 0.6 is 0 Å². The third-order valence-corrected chi connectivity index (χ3v) is 2.72. The minimum Gasteiger partial charge on any atom is -0.393 e. The molecule has 0 amide bonds. The molecule has 0 saturated heterocycles. The van der Waals surface area contributed by atoms with Crippen LogP contribution in [0.2, 0.25) is 0 Å². The summed E-state index contributed by atoms with van der Waals surface area (Å²) in [6.45, 7) is 5.57. The first-order valence-corrected chi connectivity index (χ1v) is 5.00. The standard InChI is InChI=1S/C12H17FO/c1-4-12(14)9(3)10-6-5-8(2)11(13)7-10/h5-7,9,12,14H,4H2,1-3H3. The van der Waals surface area contributed by atoms with E-state index in [1.54, 1.807) is 13.0 Å². The first kappa shape index (κ1) is 11.2. The molecule has 1 N–H and O–H groups in total. The van der Waals surface area contributed by atoms with Gasteiger partial charge in [0.05, 0.1) is 6.10 Å². The number of hydrogen-bond acceptors (Lipinski definition) is 1. The molecule has 2 heteroatoms. The van der Waals surface area contributed by atoms with Gasteiger partial charge in [0, 0.05) is 5.92 Å². The topological polar surface area (TPSA) is 20.2 Å². The highest BCUT2D eigenvalue weighted by atomic mass is 19.1. The molecular formula is C12H17FO. The van der Waals surface area contributed by atoms with Crippen LogP contribution in [0.3, 0.4) is 0 Å². The molecule has 0 bridgehead atoms. The predicted octanol–water partition coefficient (Wildman–Crippen LogP) is 3.01. The number of aliphatic hydroxyl groups is 1. The summed E-state index contributed by atoms with van der Waals surface area (Å²) < 4.78 is 13.2. The Kier molecular flexibility index (Phi) is 3.64. The van der Waals surface area contributed by atoms with Gasteiger partial charge in [-0.2, -0.15) is 0 Å². The molecule has 0 aromatic heterocycles. The van der Waals surface area contributed by atoms with E-state index in [2.05, 4.69) is 0 Å². The molecule has 1 rings (SSSR count). The van der Waals surface area contributed by atoms with Crippen LogP contribution in [0.15, 0.2) is 18.2 Å². The van der Waals surface area contributed by atoms with Crippen LogP contribution in [0.4, 0.5) is 4.39 Å². The maximum atomic E-state index is 13.2. The van der Waals surface area contributed by atoms with Crippen molar-refractivity contribution in [1.82, 2.24) is 0 Å². The molecule has 0 spiro atoms. The molecule has 1 nitrogen and oxygen atoms in total. The summed E-state index contributed by atoms with van der Waals surface area (Å²) in [7, 11) is 0. The lowest BCUT2D eigenvalue weighted by molar-refractivity contribution is 0.145. The van der Waals surface area contributed by atoms with Gasteiger partial charge in [-0.25, -0.2) is 4.39 Å². The third-order valence-electron chi connectivity index (χ3n) is 2.72. The lowest BCUT2D eigenvalue weighted by Gasteiger charge is -2.17. The van der Waals surface area contributed by atoms with Gasteiger partial charge in [-0.3, -0.25) is 0 Å². The molecule has 0 aliphatic rings. The lowest BCUT2D eigenvalue weighted by Crippen LogP contribution is -2.14. The fraction of sp³-hybridized carbons (Fsp3) is 0.500. The Morgan fingerprint density at radius 1 is 1.43 bits per heavy atom. The van der Waals surface area contributed by atoms with Crippen LogP contribution in [0, 0.1) is 12.7 Å². The van der Waals surface area contributed by atoms with Crippen molar-refractivity contribution >= 4 is 0 Å². The Bertz CT molecular complexity index is 309. The van der Waals surface area contributed by atoms with E-state index in [1.807, 2.05) is 19.9 Å². The van der Waals surface area contributed by atoms with E-state index in [0.717, 1.165) is 5.56 Å². The molecule has 0 aliphatic carbocycles. The second-order valence-corrected chi connectivity index (χ2v) is 3.77. The number of rotatable bonds is 3. The van der Waals surface area contributed by atoms with Crippen molar-refractivity contribution < 1.29 is 9.50 Å². The van der Waals surface area contributed by atoms with Crippen LogP contribution in [0.5, 0.6) is 0 Å². The van der Waals surface area contributed by atoms with Gasteiger partial charge in [0.25, 0.3) is 0 Å². The molecule has 1 aromatic carbocycles. The zero-order chi connectivity index (χ0) is 10.7.